The molecule has 0 atom stereocenters. The summed E-state index contributed by atoms with van der Waals surface area (Å²) in [6.07, 6.45) is 4.97. The number of anilines is 1. The third-order valence-electron chi connectivity index (χ3n) is 4.46. The highest BCUT2D eigenvalue weighted by Crippen LogP contribution is 2.20. The second kappa shape index (κ2) is 7.63. The number of benzene rings is 1. The summed E-state index contributed by atoms with van der Waals surface area (Å²) >= 11 is 0. The van der Waals surface area contributed by atoms with Gasteiger partial charge in [-0.2, -0.15) is 0 Å². The molecule has 22 heavy (non-hydrogen) atoms. The molecule has 0 bridgehead atoms. The Hall–Kier alpha value is -1.55. The van der Waals surface area contributed by atoms with E-state index in [0.29, 0.717) is 5.96 Å². The first-order valence-corrected chi connectivity index (χ1v) is 8.42. The third-order valence-corrected chi connectivity index (χ3v) is 4.46. The van der Waals surface area contributed by atoms with Gasteiger partial charge in [0.2, 0.25) is 0 Å². The van der Waals surface area contributed by atoms with Crippen LogP contribution in [0.5, 0.6) is 0 Å². The van der Waals surface area contributed by atoms with E-state index in [0.717, 1.165) is 18.7 Å². The number of guanidine groups is 1. The summed E-state index contributed by atoms with van der Waals surface area (Å²) in [7, 11) is 0. The van der Waals surface area contributed by atoms with E-state index in [4.69, 9.17) is 5.73 Å². The number of aliphatic imine (C=N–C) groups is 1. The van der Waals surface area contributed by atoms with Crippen molar-refractivity contribution in [3.05, 3.63) is 29.8 Å². The van der Waals surface area contributed by atoms with Crippen molar-refractivity contribution < 1.29 is 0 Å². The van der Waals surface area contributed by atoms with Gasteiger partial charge in [-0.3, -0.25) is 9.89 Å². The molecule has 1 fully saturated rings. The van der Waals surface area contributed by atoms with Gasteiger partial charge in [0, 0.05) is 11.2 Å². The first-order valence-electron chi connectivity index (χ1n) is 8.42. The standard InChI is InChI=1S/C18H30N4/c1-4-15-9-8-10-16(13-15)21-17(19)20-14-18(2,3)22-11-6-5-7-12-22/h8-10,13H,4-7,11-12,14H2,1-3H3,(H3,19,20,21). The lowest BCUT2D eigenvalue weighted by atomic mass is 9.99. The summed E-state index contributed by atoms with van der Waals surface area (Å²) in [5.41, 5.74) is 8.43. The number of hydrogen-bond acceptors (Lipinski definition) is 2. The lowest BCUT2D eigenvalue weighted by Crippen LogP contribution is -2.49. The molecule has 0 aliphatic carbocycles. The Labute approximate surface area is 134 Å². The van der Waals surface area contributed by atoms with E-state index in [1.165, 1.54) is 37.9 Å². The first-order chi connectivity index (χ1) is 10.5. The van der Waals surface area contributed by atoms with E-state index in [1.807, 2.05) is 12.1 Å². The molecule has 1 heterocycles. The number of piperidine rings is 1. The SMILES string of the molecule is CCc1cccc(NC(N)=NCC(C)(C)N2CCCCC2)c1. The van der Waals surface area contributed by atoms with Crippen LogP contribution in [0, 0.1) is 0 Å². The van der Waals surface area contributed by atoms with Crippen LogP contribution in [0.1, 0.15) is 45.6 Å². The summed E-state index contributed by atoms with van der Waals surface area (Å²) in [6.45, 7) is 9.74. The molecule has 4 heteroatoms. The van der Waals surface area contributed by atoms with Gasteiger partial charge in [-0.05, 0) is 63.9 Å². The van der Waals surface area contributed by atoms with Gasteiger partial charge in [0.25, 0.3) is 0 Å². The summed E-state index contributed by atoms with van der Waals surface area (Å²) in [5.74, 6) is 0.498. The van der Waals surface area contributed by atoms with Crippen molar-refractivity contribution in [2.45, 2.75) is 52.0 Å². The Morgan fingerprint density at radius 2 is 2.00 bits per heavy atom. The predicted molar refractivity (Wildman–Crippen MR) is 95.4 cm³/mol. The van der Waals surface area contributed by atoms with Crippen LogP contribution in [-0.4, -0.2) is 36.0 Å². The molecule has 0 radical (unpaired) electrons. The lowest BCUT2D eigenvalue weighted by molar-refractivity contribution is 0.102. The maximum absolute atomic E-state index is 6.05. The molecule has 1 aliphatic heterocycles. The molecule has 0 saturated carbocycles. The molecule has 0 amide bonds. The largest absolute Gasteiger partial charge is 0.370 e. The minimum Gasteiger partial charge on any atom is -0.370 e. The molecule has 0 aromatic heterocycles. The van der Waals surface area contributed by atoms with Crippen molar-refractivity contribution in [2.24, 2.45) is 10.7 Å². The molecular weight excluding hydrogens is 272 g/mol. The number of hydrogen-bond donors (Lipinski definition) is 2. The maximum atomic E-state index is 6.05. The second-order valence-corrected chi connectivity index (χ2v) is 6.74. The molecule has 4 nitrogen and oxygen atoms in total. The zero-order valence-corrected chi connectivity index (χ0v) is 14.2. The Morgan fingerprint density at radius 3 is 2.68 bits per heavy atom. The van der Waals surface area contributed by atoms with Crippen LogP contribution in [-0.2, 0) is 6.42 Å². The Kier molecular flexibility index (Phi) is 5.83. The number of nitrogens with one attached hydrogen (secondary N) is 1. The zero-order valence-electron chi connectivity index (χ0n) is 14.2. The van der Waals surface area contributed by atoms with Crippen LogP contribution in [0.2, 0.25) is 0 Å². The number of aryl methyl sites for hydroxylation is 1. The summed E-state index contributed by atoms with van der Waals surface area (Å²) in [5, 5.41) is 3.20. The number of likely N-dealkylation sites (tertiary alicyclic amines) is 1. The van der Waals surface area contributed by atoms with Crippen LogP contribution in [0.15, 0.2) is 29.3 Å². The number of rotatable bonds is 5. The van der Waals surface area contributed by atoms with Crippen molar-refractivity contribution in [3.8, 4) is 0 Å². The number of nitrogens with two attached hydrogens (primary N) is 1. The molecule has 2 rings (SSSR count). The first kappa shape index (κ1) is 16.8. The fraction of sp³-hybridized carbons (Fsp3) is 0.611. The van der Waals surface area contributed by atoms with Gasteiger partial charge < -0.3 is 11.1 Å². The lowest BCUT2D eigenvalue weighted by Gasteiger charge is -2.40. The Balaban J connectivity index is 1.93. The zero-order chi connectivity index (χ0) is 16.0. The van der Waals surface area contributed by atoms with Crippen molar-refractivity contribution in [2.75, 3.05) is 25.0 Å². The van der Waals surface area contributed by atoms with Gasteiger partial charge in [0.05, 0.1) is 6.54 Å². The van der Waals surface area contributed by atoms with E-state index in [1.54, 1.807) is 0 Å². The molecule has 0 spiro atoms. The molecule has 3 N–H and O–H groups in total. The Morgan fingerprint density at radius 1 is 1.27 bits per heavy atom. The van der Waals surface area contributed by atoms with Crippen LogP contribution in [0.25, 0.3) is 0 Å². The summed E-state index contributed by atoms with van der Waals surface area (Å²) < 4.78 is 0. The highest BCUT2D eigenvalue weighted by atomic mass is 15.2. The highest BCUT2D eigenvalue weighted by molar-refractivity contribution is 5.92. The van der Waals surface area contributed by atoms with Gasteiger partial charge >= 0.3 is 0 Å². The fourth-order valence-corrected chi connectivity index (χ4v) is 2.93. The fourth-order valence-electron chi connectivity index (χ4n) is 2.93. The second-order valence-electron chi connectivity index (χ2n) is 6.74. The predicted octanol–water partition coefficient (Wildman–Crippen LogP) is 3.24. The molecule has 122 valence electrons. The normalized spacial score (nSPS) is 17.5. The topological polar surface area (TPSA) is 53.6 Å². The van der Waals surface area contributed by atoms with Crippen molar-refractivity contribution >= 4 is 11.6 Å². The summed E-state index contributed by atoms with van der Waals surface area (Å²) in [4.78, 5) is 7.10. The molecule has 1 saturated heterocycles. The van der Waals surface area contributed by atoms with E-state index < -0.39 is 0 Å². The molecule has 1 aromatic carbocycles. The van der Waals surface area contributed by atoms with Gasteiger partial charge in [-0.25, -0.2) is 0 Å². The molecular formula is C18H30N4. The quantitative estimate of drug-likeness (QED) is 0.648. The van der Waals surface area contributed by atoms with Gasteiger partial charge in [0.15, 0.2) is 5.96 Å². The van der Waals surface area contributed by atoms with Crippen LogP contribution < -0.4 is 11.1 Å². The average Bonchev–Trinajstić information content (AvgIpc) is 2.54. The number of nitrogens with zero attached hydrogens (tertiary/aromatic N) is 2. The average molecular weight is 302 g/mol. The molecule has 1 aliphatic rings. The van der Waals surface area contributed by atoms with E-state index >= 15 is 0 Å². The smallest absolute Gasteiger partial charge is 0.193 e. The third kappa shape index (κ3) is 4.73. The molecule has 1 aromatic rings. The minimum absolute atomic E-state index is 0.0674. The van der Waals surface area contributed by atoms with Crippen LogP contribution >= 0.6 is 0 Å². The maximum Gasteiger partial charge on any atom is 0.193 e. The monoisotopic (exact) mass is 302 g/mol. The van der Waals surface area contributed by atoms with Crippen molar-refractivity contribution in [1.29, 1.82) is 0 Å². The van der Waals surface area contributed by atoms with E-state index in [-0.39, 0.29) is 5.54 Å². The van der Waals surface area contributed by atoms with Gasteiger partial charge in [-0.15, -0.1) is 0 Å². The van der Waals surface area contributed by atoms with Crippen LogP contribution in [0.3, 0.4) is 0 Å². The minimum atomic E-state index is 0.0674. The van der Waals surface area contributed by atoms with Crippen molar-refractivity contribution in [3.63, 3.8) is 0 Å². The summed E-state index contributed by atoms with van der Waals surface area (Å²) in [6, 6.07) is 8.32. The van der Waals surface area contributed by atoms with E-state index in [2.05, 4.69) is 48.1 Å². The van der Waals surface area contributed by atoms with E-state index in [9.17, 15) is 0 Å². The van der Waals surface area contributed by atoms with Gasteiger partial charge in [-0.1, -0.05) is 25.5 Å². The van der Waals surface area contributed by atoms with Gasteiger partial charge in [0.1, 0.15) is 0 Å². The Bertz CT molecular complexity index is 502. The van der Waals surface area contributed by atoms with Crippen LogP contribution in [0.4, 0.5) is 5.69 Å². The molecule has 0 unspecified atom stereocenters. The highest BCUT2D eigenvalue weighted by Gasteiger charge is 2.27. The van der Waals surface area contributed by atoms with Crippen molar-refractivity contribution in [1.82, 2.24) is 4.90 Å².